The molecule has 4 nitrogen and oxygen atoms in total. The van der Waals surface area contributed by atoms with Crippen LogP contribution in [0.25, 0.3) is 0 Å². The maximum atomic E-state index is 12.5. The van der Waals surface area contributed by atoms with Crippen molar-refractivity contribution < 1.29 is 4.79 Å². The van der Waals surface area contributed by atoms with Crippen LogP contribution in [0, 0.1) is 11.8 Å². The second-order valence-corrected chi connectivity index (χ2v) is 6.65. The van der Waals surface area contributed by atoms with Gasteiger partial charge in [0.1, 0.15) is 0 Å². The molecule has 1 amide bonds. The highest BCUT2D eigenvalue weighted by Crippen LogP contribution is 2.27. The summed E-state index contributed by atoms with van der Waals surface area (Å²) in [5, 5.41) is 0. The minimum atomic E-state index is 0. The maximum Gasteiger partial charge on any atom is 0.225 e. The molecule has 2 aliphatic rings. The van der Waals surface area contributed by atoms with Crippen LogP contribution in [-0.4, -0.2) is 55.5 Å². The van der Waals surface area contributed by atoms with E-state index in [4.69, 9.17) is 5.73 Å². The lowest BCUT2D eigenvalue weighted by Crippen LogP contribution is -2.45. The lowest BCUT2D eigenvalue weighted by atomic mass is 9.84. The molecule has 1 saturated heterocycles. The van der Waals surface area contributed by atoms with E-state index in [0.29, 0.717) is 5.91 Å². The molecule has 2 fully saturated rings. The van der Waals surface area contributed by atoms with Gasteiger partial charge >= 0.3 is 0 Å². The number of piperidine rings is 1. The zero-order valence-electron chi connectivity index (χ0n) is 13.3. The van der Waals surface area contributed by atoms with Gasteiger partial charge in [-0.3, -0.25) is 4.79 Å². The fraction of sp³-hybridized carbons (Fsp3) is 0.933. The average molecular weight is 340 g/mol. The maximum absolute atomic E-state index is 12.5. The molecule has 1 heterocycles. The summed E-state index contributed by atoms with van der Waals surface area (Å²) in [5.74, 6) is 1.33. The largest absolute Gasteiger partial charge is 0.342 e. The highest BCUT2D eigenvalue weighted by atomic mass is 35.5. The van der Waals surface area contributed by atoms with Crippen molar-refractivity contribution in [1.29, 1.82) is 0 Å². The first kappa shape index (κ1) is 21.0. The van der Waals surface area contributed by atoms with E-state index >= 15 is 0 Å². The molecule has 0 bridgehead atoms. The van der Waals surface area contributed by atoms with Crippen molar-refractivity contribution >= 4 is 30.7 Å². The molecule has 21 heavy (non-hydrogen) atoms. The Morgan fingerprint density at radius 2 is 1.76 bits per heavy atom. The van der Waals surface area contributed by atoms with Crippen molar-refractivity contribution in [1.82, 2.24) is 9.80 Å². The summed E-state index contributed by atoms with van der Waals surface area (Å²) in [6, 6.07) is 0.244. The first-order valence-electron chi connectivity index (χ1n) is 7.75. The molecule has 0 aromatic heterocycles. The normalized spacial score (nSPS) is 27.0. The second kappa shape index (κ2) is 9.88. The standard InChI is InChI=1S/C15H29N3O.2ClH/c1-17(2)11-12-6-8-18(9-7-12)15(19)13-4-3-5-14(16)10-13;;/h12-14H,3-11,16H2,1-2H3;2*1H. The Balaban J connectivity index is 0.00000200. The van der Waals surface area contributed by atoms with E-state index < -0.39 is 0 Å². The van der Waals surface area contributed by atoms with E-state index in [2.05, 4.69) is 23.9 Å². The first-order valence-corrected chi connectivity index (χ1v) is 7.75. The van der Waals surface area contributed by atoms with Crippen LogP contribution in [0.2, 0.25) is 0 Å². The van der Waals surface area contributed by atoms with E-state index in [9.17, 15) is 4.79 Å². The van der Waals surface area contributed by atoms with E-state index in [-0.39, 0.29) is 36.8 Å². The van der Waals surface area contributed by atoms with Gasteiger partial charge in [0.05, 0.1) is 0 Å². The molecule has 0 radical (unpaired) electrons. The minimum absolute atomic E-state index is 0. The molecule has 0 spiro atoms. The molecular weight excluding hydrogens is 309 g/mol. The van der Waals surface area contributed by atoms with Crippen molar-refractivity contribution in [3.8, 4) is 0 Å². The van der Waals surface area contributed by atoms with E-state index in [1.54, 1.807) is 0 Å². The molecule has 2 rings (SSSR count). The lowest BCUT2D eigenvalue weighted by molar-refractivity contribution is -0.138. The van der Waals surface area contributed by atoms with Crippen LogP contribution in [0.5, 0.6) is 0 Å². The number of hydrogen-bond donors (Lipinski definition) is 1. The van der Waals surface area contributed by atoms with Gasteiger partial charge in [0.2, 0.25) is 5.91 Å². The summed E-state index contributed by atoms with van der Waals surface area (Å²) < 4.78 is 0. The third kappa shape index (κ3) is 6.31. The zero-order chi connectivity index (χ0) is 13.8. The number of nitrogens with zero attached hydrogens (tertiary/aromatic N) is 2. The highest BCUT2D eigenvalue weighted by Gasteiger charge is 2.31. The van der Waals surface area contributed by atoms with Gasteiger partial charge in [0, 0.05) is 31.6 Å². The number of carbonyl (C=O) groups is 1. The van der Waals surface area contributed by atoms with Gasteiger partial charge in [-0.05, 0) is 52.1 Å². The minimum Gasteiger partial charge on any atom is -0.342 e. The number of amides is 1. The summed E-state index contributed by atoms with van der Waals surface area (Å²) in [7, 11) is 4.25. The molecule has 1 saturated carbocycles. The van der Waals surface area contributed by atoms with Crippen LogP contribution < -0.4 is 5.73 Å². The monoisotopic (exact) mass is 339 g/mol. The number of hydrogen-bond acceptors (Lipinski definition) is 3. The van der Waals surface area contributed by atoms with Crippen molar-refractivity contribution in [3.63, 3.8) is 0 Å². The summed E-state index contributed by atoms with van der Waals surface area (Å²) >= 11 is 0. The number of likely N-dealkylation sites (tertiary alicyclic amines) is 1. The predicted octanol–water partition coefficient (Wildman–Crippen LogP) is 2.15. The van der Waals surface area contributed by atoms with Gasteiger partial charge in [0.25, 0.3) is 0 Å². The van der Waals surface area contributed by atoms with E-state index in [0.717, 1.165) is 64.1 Å². The van der Waals surface area contributed by atoms with E-state index in [1.807, 2.05) is 0 Å². The zero-order valence-corrected chi connectivity index (χ0v) is 14.9. The molecule has 126 valence electrons. The van der Waals surface area contributed by atoms with Crippen molar-refractivity contribution in [2.24, 2.45) is 17.6 Å². The highest BCUT2D eigenvalue weighted by molar-refractivity contribution is 5.85. The third-order valence-electron chi connectivity index (χ3n) is 4.61. The number of nitrogens with two attached hydrogens (primary N) is 1. The van der Waals surface area contributed by atoms with Crippen LogP contribution in [-0.2, 0) is 4.79 Å². The van der Waals surface area contributed by atoms with Crippen LogP contribution in [0.4, 0.5) is 0 Å². The molecule has 0 aromatic carbocycles. The number of carbonyl (C=O) groups excluding carboxylic acids is 1. The summed E-state index contributed by atoms with van der Waals surface area (Å²) in [6.07, 6.45) is 6.47. The fourth-order valence-corrected chi connectivity index (χ4v) is 3.56. The molecule has 0 aromatic rings. The van der Waals surface area contributed by atoms with E-state index in [1.165, 1.54) is 0 Å². The second-order valence-electron chi connectivity index (χ2n) is 6.65. The SMILES string of the molecule is CN(C)CC1CCN(C(=O)C2CCCC(N)C2)CC1.Cl.Cl. The number of halogens is 2. The van der Waals surface area contributed by atoms with Crippen LogP contribution >= 0.6 is 24.8 Å². The molecule has 6 heteroatoms. The predicted molar refractivity (Wildman–Crippen MR) is 92.3 cm³/mol. The third-order valence-corrected chi connectivity index (χ3v) is 4.61. The van der Waals surface area contributed by atoms with Gasteiger partial charge < -0.3 is 15.5 Å². The Labute approximate surface area is 141 Å². The van der Waals surface area contributed by atoms with Gasteiger partial charge in [-0.1, -0.05) is 6.42 Å². The molecule has 1 aliphatic heterocycles. The Hall–Kier alpha value is -0.0300. The summed E-state index contributed by atoms with van der Waals surface area (Å²) in [5.41, 5.74) is 5.99. The van der Waals surface area contributed by atoms with Gasteiger partial charge in [-0.15, -0.1) is 24.8 Å². The lowest BCUT2D eigenvalue weighted by Gasteiger charge is -2.36. The molecule has 2 atom stereocenters. The smallest absolute Gasteiger partial charge is 0.225 e. The molecule has 2 unspecified atom stereocenters. The van der Waals surface area contributed by atoms with Crippen LogP contribution in [0.15, 0.2) is 0 Å². The Kier molecular flexibility index (Phi) is 9.87. The van der Waals surface area contributed by atoms with Gasteiger partial charge in [-0.2, -0.15) is 0 Å². The quantitative estimate of drug-likeness (QED) is 0.856. The topological polar surface area (TPSA) is 49.6 Å². The summed E-state index contributed by atoms with van der Waals surface area (Å²) in [6.45, 7) is 3.04. The van der Waals surface area contributed by atoms with Crippen molar-refractivity contribution in [2.75, 3.05) is 33.7 Å². The van der Waals surface area contributed by atoms with Gasteiger partial charge in [0.15, 0.2) is 0 Å². The average Bonchev–Trinajstić information content (AvgIpc) is 2.38. The Morgan fingerprint density at radius 3 is 2.29 bits per heavy atom. The van der Waals surface area contributed by atoms with Crippen molar-refractivity contribution in [3.05, 3.63) is 0 Å². The Morgan fingerprint density at radius 1 is 1.14 bits per heavy atom. The van der Waals surface area contributed by atoms with Gasteiger partial charge in [-0.25, -0.2) is 0 Å². The van der Waals surface area contributed by atoms with Crippen molar-refractivity contribution in [2.45, 2.75) is 44.6 Å². The fourth-order valence-electron chi connectivity index (χ4n) is 3.56. The Bertz CT molecular complexity index is 307. The molecular formula is C15H31Cl2N3O. The molecule has 1 aliphatic carbocycles. The summed E-state index contributed by atoms with van der Waals surface area (Å²) in [4.78, 5) is 16.8. The van der Waals surface area contributed by atoms with Crippen LogP contribution in [0.1, 0.15) is 38.5 Å². The number of rotatable bonds is 3. The first-order chi connectivity index (χ1) is 9.06. The van der Waals surface area contributed by atoms with Crippen LogP contribution in [0.3, 0.4) is 0 Å². The molecule has 2 N–H and O–H groups in total.